The van der Waals surface area contributed by atoms with Crippen LogP contribution in [0.5, 0.6) is 0 Å². The second kappa shape index (κ2) is 7.19. The van der Waals surface area contributed by atoms with Crippen molar-refractivity contribution in [3.8, 4) is 0 Å². The third-order valence-corrected chi connectivity index (χ3v) is 6.36. The average molecular weight is 369 g/mol. The molecule has 0 atom stereocenters. The van der Waals surface area contributed by atoms with Crippen LogP contribution in [0.25, 0.3) is 0 Å². The molecule has 2 amide bonds. The van der Waals surface area contributed by atoms with Crippen LogP contribution in [-0.4, -0.2) is 45.2 Å². The van der Waals surface area contributed by atoms with E-state index in [1.165, 1.54) is 16.9 Å². The zero-order chi connectivity index (χ0) is 18.0. The summed E-state index contributed by atoms with van der Waals surface area (Å²) in [4.78, 5) is 33.3. The fourth-order valence-corrected chi connectivity index (χ4v) is 4.74. The fraction of sp³-hybridized carbons (Fsp3) is 0.450. The van der Waals surface area contributed by atoms with Gasteiger partial charge in [0.1, 0.15) is 0 Å². The van der Waals surface area contributed by atoms with Gasteiger partial charge in [-0.25, -0.2) is 4.98 Å². The van der Waals surface area contributed by atoms with Crippen molar-refractivity contribution in [1.82, 2.24) is 14.8 Å². The molecular formula is C20H23N3O2S. The average Bonchev–Trinajstić information content (AvgIpc) is 3.27. The van der Waals surface area contributed by atoms with E-state index in [4.69, 9.17) is 0 Å². The number of hydrogen-bond acceptors (Lipinski definition) is 4. The van der Waals surface area contributed by atoms with Gasteiger partial charge < -0.3 is 9.80 Å². The molecule has 136 valence electrons. The van der Waals surface area contributed by atoms with Gasteiger partial charge in [-0.15, -0.1) is 11.3 Å². The van der Waals surface area contributed by atoms with Gasteiger partial charge in [0.2, 0.25) is 11.8 Å². The van der Waals surface area contributed by atoms with Crippen LogP contribution in [0.2, 0.25) is 0 Å². The maximum Gasteiger partial charge on any atom is 0.228 e. The zero-order valence-electron chi connectivity index (χ0n) is 14.8. The maximum absolute atomic E-state index is 12.5. The number of benzene rings is 1. The molecule has 4 rings (SSSR count). The van der Waals surface area contributed by atoms with Gasteiger partial charge >= 0.3 is 0 Å². The van der Waals surface area contributed by atoms with Crippen molar-refractivity contribution in [2.24, 2.45) is 0 Å². The molecule has 0 saturated carbocycles. The van der Waals surface area contributed by atoms with Crippen LogP contribution >= 0.6 is 11.3 Å². The van der Waals surface area contributed by atoms with E-state index in [0.29, 0.717) is 19.4 Å². The number of carbonyl (C=O) groups excluding carboxylic acids is 2. The topological polar surface area (TPSA) is 53.5 Å². The van der Waals surface area contributed by atoms with E-state index in [0.717, 1.165) is 38.0 Å². The zero-order valence-corrected chi connectivity index (χ0v) is 15.6. The van der Waals surface area contributed by atoms with Crippen molar-refractivity contribution < 1.29 is 9.59 Å². The molecule has 0 bridgehead atoms. The van der Waals surface area contributed by atoms with Crippen LogP contribution in [0.3, 0.4) is 0 Å². The van der Waals surface area contributed by atoms with Crippen LogP contribution in [0.15, 0.2) is 41.2 Å². The summed E-state index contributed by atoms with van der Waals surface area (Å²) in [6.45, 7) is 2.12. The summed E-state index contributed by atoms with van der Waals surface area (Å²) in [6, 6.07) is 10.2. The molecule has 1 aromatic carbocycles. The number of nitrogens with zero attached hydrogens (tertiary/aromatic N) is 3. The molecule has 0 radical (unpaired) electrons. The quantitative estimate of drug-likeness (QED) is 0.833. The normalized spacial score (nSPS) is 19.3. The Morgan fingerprint density at radius 3 is 2.62 bits per heavy atom. The molecule has 2 aliphatic heterocycles. The smallest absolute Gasteiger partial charge is 0.228 e. The molecule has 2 fully saturated rings. The lowest BCUT2D eigenvalue weighted by Crippen LogP contribution is -2.54. The highest BCUT2D eigenvalue weighted by Crippen LogP contribution is 2.40. The lowest BCUT2D eigenvalue weighted by molar-refractivity contribution is -0.136. The first-order valence-electron chi connectivity index (χ1n) is 9.16. The summed E-state index contributed by atoms with van der Waals surface area (Å²) in [7, 11) is 0. The van der Waals surface area contributed by atoms with Gasteiger partial charge in [-0.3, -0.25) is 9.59 Å². The third-order valence-electron chi connectivity index (χ3n) is 5.72. The molecule has 2 aliphatic rings. The Hall–Kier alpha value is -2.21. The van der Waals surface area contributed by atoms with Crippen molar-refractivity contribution in [3.05, 3.63) is 52.5 Å². The van der Waals surface area contributed by atoms with Crippen LogP contribution in [-0.2, 0) is 22.6 Å². The third kappa shape index (κ3) is 3.38. The van der Waals surface area contributed by atoms with E-state index in [1.54, 1.807) is 5.51 Å². The minimum Gasteiger partial charge on any atom is -0.342 e. The molecule has 0 aliphatic carbocycles. The minimum atomic E-state index is -0.0790. The van der Waals surface area contributed by atoms with Crippen LogP contribution in [0.4, 0.5) is 0 Å². The first kappa shape index (κ1) is 17.2. The first-order chi connectivity index (χ1) is 12.7. The first-order valence-corrected chi connectivity index (χ1v) is 10.1. The second-order valence-corrected chi connectivity index (χ2v) is 7.95. The van der Waals surface area contributed by atoms with Gasteiger partial charge in [0, 0.05) is 37.0 Å². The van der Waals surface area contributed by atoms with Crippen molar-refractivity contribution >= 4 is 23.2 Å². The van der Waals surface area contributed by atoms with Gasteiger partial charge in [-0.2, -0.15) is 0 Å². The molecule has 1 aromatic heterocycles. The van der Waals surface area contributed by atoms with Crippen molar-refractivity contribution in [2.75, 3.05) is 13.1 Å². The number of aromatic nitrogens is 1. The highest BCUT2D eigenvalue weighted by atomic mass is 32.1. The molecule has 3 heterocycles. The largest absolute Gasteiger partial charge is 0.342 e. The van der Waals surface area contributed by atoms with E-state index in [-0.39, 0.29) is 17.4 Å². The Morgan fingerprint density at radius 2 is 1.92 bits per heavy atom. The van der Waals surface area contributed by atoms with Gasteiger partial charge in [0.15, 0.2) is 0 Å². The predicted molar refractivity (Wildman–Crippen MR) is 101 cm³/mol. The summed E-state index contributed by atoms with van der Waals surface area (Å²) < 4.78 is 0. The predicted octanol–water partition coefficient (Wildman–Crippen LogP) is 2.87. The number of piperidine rings is 1. The molecule has 2 aromatic rings. The highest BCUT2D eigenvalue weighted by molar-refractivity contribution is 7.07. The van der Waals surface area contributed by atoms with E-state index >= 15 is 0 Å². The van der Waals surface area contributed by atoms with Crippen LogP contribution < -0.4 is 0 Å². The fourth-order valence-electron chi connectivity index (χ4n) is 4.18. The molecule has 0 N–H and O–H groups in total. The molecule has 1 spiro atoms. The SMILES string of the molecule is O=C(Cc1cscn1)N1CCC2(CCC(=O)N2Cc2ccccc2)CC1. The Kier molecular flexibility index (Phi) is 4.76. The number of hydrogen-bond donors (Lipinski definition) is 0. The molecule has 26 heavy (non-hydrogen) atoms. The summed E-state index contributed by atoms with van der Waals surface area (Å²) in [5.74, 6) is 0.390. The Bertz CT molecular complexity index is 768. The van der Waals surface area contributed by atoms with Gasteiger partial charge in [0.25, 0.3) is 0 Å². The summed E-state index contributed by atoms with van der Waals surface area (Å²) in [6.07, 6.45) is 3.65. The van der Waals surface area contributed by atoms with Crippen LogP contribution in [0.1, 0.15) is 36.9 Å². The van der Waals surface area contributed by atoms with Gasteiger partial charge in [-0.1, -0.05) is 30.3 Å². The van der Waals surface area contributed by atoms with E-state index < -0.39 is 0 Å². The number of amides is 2. The molecule has 6 heteroatoms. The lowest BCUT2D eigenvalue weighted by atomic mass is 9.84. The minimum absolute atomic E-state index is 0.0790. The standard InChI is InChI=1S/C20H23N3O2S/c24-18-6-7-20(23(18)13-16-4-2-1-3-5-16)8-10-22(11-9-20)19(25)12-17-14-26-15-21-17/h1-5,14-15H,6-13H2. The van der Waals surface area contributed by atoms with Gasteiger partial charge in [-0.05, 0) is 24.8 Å². The summed E-state index contributed by atoms with van der Waals surface area (Å²) >= 11 is 1.52. The highest BCUT2D eigenvalue weighted by Gasteiger charge is 2.47. The number of carbonyl (C=O) groups is 2. The lowest BCUT2D eigenvalue weighted by Gasteiger charge is -2.45. The molecule has 5 nitrogen and oxygen atoms in total. The number of likely N-dealkylation sites (tertiary alicyclic amines) is 2. The number of rotatable bonds is 4. The van der Waals surface area contributed by atoms with E-state index in [9.17, 15) is 9.59 Å². The second-order valence-electron chi connectivity index (χ2n) is 7.23. The van der Waals surface area contributed by atoms with Crippen molar-refractivity contribution in [1.29, 1.82) is 0 Å². The molecular weight excluding hydrogens is 346 g/mol. The van der Waals surface area contributed by atoms with E-state index in [1.807, 2.05) is 28.5 Å². The monoisotopic (exact) mass is 369 g/mol. The maximum atomic E-state index is 12.5. The Balaban J connectivity index is 1.41. The Labute approximate surface area is 157 Å². The van der Waals surface area contributed by atoms with Crippen LogP contribution in [0, 0.1) is 0 Å². The van der Waals surface area contributed by atoms with E-state index in [2.05, 4.69) is 22.0 Å². The van der Waals surface area contributed by atoms with Gasteiger partial charge in [0.05, 0.1) is 17.6 Å². The van der Waals surface area contributed by atoms with Crippen molar-refractivity contribution in [2.45, 2.75) is 44.2 Å². The molecule has 2 saturated heterocycles. The van der Waals surface area contributed by atoms with Crippen molar-refractivity contribution in [3.63, 3.8) is 0 Å². The number of thiazole rings is 1. The summed E-state index contributed by atoms with van der Waals surface area (Å²) in [5, 5.41) is 1.93. The molecule has 0 unspecified atom stereocenters. The Morgan fingerprint density at radius 1 is 1.15 bits per heavy atom. The summed E-state index contributed by atoms with van der Waals surface area (Å²) in [5.41, 5.74) is 3.70.